The van der Waals surface area contributed by atoms with Crippen molar-refractivity contribution in [3.8, 4) is 11.5 Å². The maximum Gasteiger partial charge on any atom is 0.250 e. The lowest BCUT2D eigenvalue weighted by Gasteiger charge is -2.10. The zero-order chi connectivity index (χ0) is 17.4. The third-order valence-electron chi connectivity index (χ3n) is 3.14. The van der Waals surface area contributed by atoms with E-state index in [1.54, 1.807) is 33.4 Å². The fourth-order valence-electron chi connectivity index (χ4n) is 1.91. The van der Waals surface area contributed by atoms with Crippen molar-refractivity contribution < 1.29 is 14.3 Å². The fourth-order valence-corrected chi connectivity index (χ4v) is 2.56. The van der Waals surface area contributed by atoms with E-state index in [4.69, 9.17) is 9.47 Å². The highest BCUT2D eigenvalue weighted by atomic mass is 32.2. The minimum absolute atomic E-state index is 0.197. The normalized spacial score (nSPS) is 11.0. The molecule has 1 amide bonds. The van der Waals surface area contributed by atoms with E-state index < -0.39 is 0 Å². The zero-order valence-corrected chi connectivity index (χ0v) is 14.6. The van der Waals surface area contributed by atoms with Crippen molar-refractivity contribution in [1.29, 1.82) is 0 Å². The number of hydrazone groups is 1. The van der Waals surface area contributed by atoms with Crippen LogP contribution in [0, 0.1) is 0 Å². The molecule has 2 rings (SSSR count). The number of carbonyl (C=O) groups is 1. The van der Waals surface area contributed by atoms with Gasteiger partial charge in [0, 0.05) is 17.8 Å². The molecule has 0 saturated heterocycles. The highest BCUT2D eigenvalue weighted by Crippen LogP contribution is 2.25. The summed E-state index contributed by atoms with van der Waals surface area (Å²) in [5, 5.41) is 4.93. The number of rotatable bonds is 7. The lowest BCUT2D eigenvalue weighted by molar-refractivity contribution is -0.118. The largest absolute Gasteiger partial charge is 0.497 e. The lowest BCUT2D eigenvalue weighted by Crippen LogP contribution is -2.21. The average molecular weight is 345 g/mol. The molecule has 0 fully saturated rings. The Morgan fingerprint density at radius 3 is 2.75 bits per heavy atom. The average Bonchev–Trinajstić information content (AvgIpc) is 2.64. The van der Waals surface area contributed by atoms with Crippen LogP contribution >= 0.6 is 11.8 Å². The van der Waals surface area contributed by atoms with Gasteiger partial charge in [-0.3, -0.25) is 4.79 Å². The third-order valence-corrected chi connectivity index (χ3v) is 4.08. The number of ether oxygens (including phenoxy) is 2. The summed E-state index contributed by atoms with van der Waals surface area (Å²) >= 11 is 1.35. The van der Waals surface area contributed by atoms with Crippen molar-refractivity contribution in [2.75, 3.05) is 20.0 Å². The highest BCUT2D eigenvalue weighted by molar-refractivity contribution is 7.99. The smallest absolute Gasteiger partial charge is 0.250 e. The zero-order valence-electron chi connectivity index (χ0n) is 13.8. The van der Waals surface area contributed by atoms with Gasteiger partial charge in [-0.15, -0.1) is 0 Å². The van der Waals surface area contributed by atoms with Crippen LogP contribution in [0.5, 0.6) is 11.5 Å². The Kier molecular flexibility index (Phi) is 6.62. The molecule has 0 aliphatic carbocycles. The number of carbonyl (C=O) groups excluding carboxylic acids is 1. The van der Waals surface area contributed by atoms with Crippen molar-refractivity contribution in [1.82, 2.24) is 10.4 Å². The Balaban J connectivity index is 1.97. The van der Waals surface area contributed by atoms with E-state index in [1.165, 1.54) is 11.8 Å². The molecular weight excluding hydrogens is 326 g/mol. The predicted molar refractivity (Wildman–Crippen MR) is 94.9 cm³/mol. The van der Waals surface area contributed by atoms with Gasteiger partial charge in [-0.2, -0.15) is 5.10 Å². The van der Waals surface area contributed by atoms with Crippen molar-refractivity contribution in [2.24, 2.45) is 5.10 Å². The Morgan fingerprint density at radius 2 is 2.08 bits per heavy atom. The fraction of sp³-hybridized carbons (Fsp3) is 0.235. The number of aromatic nitrogens is 1. The van der Waals surface area contributed by atoms with Crippen LogP contribution in [-0.4, -0.2) is 36.6 Å². The van der Waals surface area contributed by atoms with Gasteiger partial charge in [0.05, 0.1) is 30.7 Å². The van der Waals surface area contributed by atoms with Crippen molar-refractivity contribution in [3.63, 3.8) is 0 Å². The van der Waals surface area contributed by atoms with Gasteiger partial charge >= 0.3 is 0 Å². The van der Waals surface area contributed by atoms with E-state index in [1.807, 2.05) is 30.3 Å². The van der Waals surface area contributed by atoms with Crippen LogP contribution in [0.2, 0.25) is 0 Å². The summed E-state index contributed by atoms with van der Waals surface area (Å²) in [6.07, 6.45) is 1.69. The van der Waals surface area contributed by atoms with E-state index in [0.29, 0.717) is 17.2 Å². The van der Waals surface area contributed by atoms with Crippen molar-refractivity contribution in [2.45, 2.75) is 11.9 Å². The first-order valence-corrected chi connectivity index (χ1v) is 8.22. The number of pyridine rings is 1. The molecule has 1 heterocycles. The molecule has 0 spiro atoms. The summed E-state index contributed by atoms with van der Waals surface area (Å²) in [5.41, 5.74) is 3.98. The lowest BCUT2D eigenvalue weighted by atomic mass is 10.1. The summed E-state index contributed by atoms with van der Waals surface area (Å²) in [6.45, 7) is 1.80. The number of hydrogen-bond donors (Lipinski definition) is 1. The molecule has 0 aliphatic rings. The van der Waals surface area contributed by atoms with E-state index >= 15 is 0 Å². The Bertz CT molecular complexity index is 720. The Labute approximate surface area is 145 Å². The molecule has 0 atom stereocenters. The summed E-state index contributed by atoms with van der Waals surface area (Å²) in [7, 11) is 3.17. The minimum Gasteiger partial charge on any atom is -0.497 e. The van der Waals surface area contributed by atoms with Gasteiger partial charge in [-0.05, 0) is 31.2 Å². The van der Waals surface area contributed by atoms with Gasteiger partial charge in [-0.1, -0.05) is 17.8 Å². The molecule has 126 valence electrons. The molecule has 0 radical (unpaired) electrons. The van der Waals surface area contributed by atoms with Crippen LogP contribution < -0.4 is 14.9 Å². The molecule has 0 bridgehead atoms. The maximum atomic E-state index is 11.9. The van der Waals surface area contributed by atoms with Crippen LogP contribution in [-0.2, 0) is 4.79 Å². The summed E-state index contributed by atoms with van der Waals surface area (Å²) in [5.74, 6) is 1.37. The van der Waals surface area contributed by atoms with Crippen LogP contribution in [0.4, 0.5) is 0 Å². The molecule has 1 aromatic carbocycles. The van der Waals surface area contributed by atoms with E-state index in [0.717, 1.165) is 10.6 Å². The molecule has 7 heteroatoms. The van der Waals surface area contributed by atoms with Gasteiger partial charge < -0.3 is 9.47 Å². The molecule has 0 aliphatic heterocycles. The first-order chi connectivity index (χ1) is 11.6. The molecule has 2 aromatic rings. The molecule has 0 unspecified atom stereocenters. The molecule has 24 heavy (non-hydrogen) atoms. The number of amides is 1. The van der Waals surface area contributed by atoms with Gasteiger partial charge in [0.2, 0.25) is 5.91 Å². The van der Waals surface area contributed by atoms with Crippen molar-refractivity contribution in [3.05, 3.63) is 48.2 Å². The quantitative estimate of drug-likeness (QED) is 0.474. The second-order valence-corrected chi connectivity index (χ2v) is 5.75. The first kappa shape index (κ1) is 17.8. The number of benzene rings is 1. The topological polar surface area (TPSA) is 72.8 Å². The SMILES string of the molecule is COc1ccc(/C(C)=N/NC(=O)CSc2ccccn2)c(OC)c1. The molecule has 1 aromatic heterocycles. The number of methoxy groups -OCH3 is 2. The van der Waals surface area contributed by atoms with E-state index in [9.17, 15) is 4.79 Å². The second-order valence-electron chi connectivity index (χ2n) is 4.76. The van der Waals surface area contributed by atoms with Crippen LogP contribution in [0.3, 0.4) is 0 Å². The van der Waals surface area contributed by atoms with Crippen LogP contribution in [0.25, 0.3) is 0 Å². The van der Waals surface area contributed by atoms with Gasteiger partial charge in [0.1, 0.15) is 11.5 Å². The molecule has 1 N–H and O–H groups in total. The Hall–Kier alpha value is -2.54. The van der Waals surface area contributed by atoms with Crippen LogP contribution in [0.1, 0.15) is 12.5 Å². The van der Waals surface area contributed by atoms with E-state index in [-0.39, 0.29) is 11.7 Å². The van der Waals surface area contributed by atoms with Gasteiger partial charge in [-0.25, -0.2) is 10.4 Å². The predicted octanol–water partition coefficient (Wildman–Crippen LogP) is 2.73. The Morgan fingerprint density at radius 1 is 1.25 bits per heavy atom. The van der Waals surface area contributed by atoms with Gasteiger partial charge in [0.15, 0.2) is 0 Å². The molecular formula is C17H19N3O3S. The summed E-state index contributed by atoms with van der Waals surface area (Å²) in [4.78, 5) is 16.0. The van der Waals surface area contributed by atoms with Gasteiger partial charge in [0.25, 0.3) is 0 Å². The number of thioether (sulfide) groups is 1. The maximum absolute atomic E-state index is 11.9. The number of hydrogen-bond acceptors (Lipinski definition) is 6. The van der Waals surface area contributed by atoms with Crippen LogP contribution in [0.15, 0.2) is 52.7 Å². The monoisotopic (exact) mass is 345 g/mol. The molecule has 0 saturated carbocycles. The standard InChI is InChI=1S/C17H19N3O3S/c1-12(14-8-7-13(22-2)10-15(14)23-3)19-20-16(21)11-24-17-6-4-5-9-18-17/h4-10H,11H2,1-3H3,(H,20,21)/b19-12+. The minimum atomic E-state index is -0.197. The van der Waals surface area contributed by atoms with Crippen molar-refractivity contribution >= 4 is 23.4 Å². The first-order valence-electron chi connectivity index (χ1n) is 7.23. The van der Waals surface area contributed by atoms with E-state index in [2.05, 4.69) is 15.5 Å². The third kappa shape index (κ3) is 4.99. The summed E-state index contributed by atoms with van der Waals surface area (Å²) in [6, 6.07) is 11.0. The highest BCUT2D eigenvalue weighted by Gasteiger charge is 2.09. The number of nitrogens with one attached hydrogen (secondary N) is 1. The molecule has 6 nitrogen and oxygen atoms in total. The number of nitrogens with zero attached hydrogens (tertiary/aromatic N) is 2. The summed E-state index contributed by atoms with van der Waals surface area (Å²) < 4.78 is 10.5. The second kappa shape index (κ2) is 8.93.